The average Bonchev–Trinajstić information content (AvgIpc) is 3.29. The molecule has 0 aliphatic carbocycles. The van der Waals surface area contributed by atoms with Crippen LogP contribution in [0.25, 0.3) is 21.9 Å². The number of hydrogen-bond donors (Lipinski definition) is 0. The zero-order valence-electron chi connectivity index (χ0n) is 12.6. The Balaban J connectivity index is 1.64. The van der Waals surface area contributed by atoms with E-state index >= 15 is 0 Å². The van der Waals surface area contributed by atoms with Gasteiger partial charge in [0.1, 0.15) is 6.54 Å². The first-order valence-electron chi connectivity index (χ1n) is 7.42. The third kappa shape index (κ3) is 2.91. The summed E-state index contributed by atoms with van der Waals surface area (Å²) < 4.78 is 7.10. The van der Waals surface area contributed by atoms with Gasteiger partial charge in [-0.05, 0) is 17.5 Å². The Morgan fingerprint density at radius 1 is 1.04 bits per heavy atom. The average molecular weight is 335 g/mol. The zero-order chi connectivity index (χ0) is 16.4. The molecule has 0 fully saturated rings. The smallest absolute Gasteiger partial charge is 0.267 e. The van der Waals surface area contributed by atoms with Crippen LogP contribution < -0.4 is 5.56 Å². The van der Waals surface area contributed by atoms with Gasteiger partial charge >= 0.3 is 0 Å². The fourth-order valence-electron chi connectivity index (χ4n) is 2.37. The molecule has 24 heavy (non-hydrogen) atoms. The number of nitrogens with zero attached hydrogens (tertiary/aromatic N) is 3. The minimum atomic E-state index is -0.189. The molecule has 4 aromatic rings. The van der Waals surface area contributed by atoms with E-state index in [0.29, 0.717) is 11.7 Å². The standard InChI is InChI=1S/C18H13N3O2S/c22-18-9-8-14(13-5-2-1-3-6-13)20-21(18)12-17-19-11-15(23-17)16-7-4-10-24-16/h1-11H,12H2. The van der Waals surface area contributed by atoms with E-state index in [1.165, 1.54) is 10.7 Å². The first kappa shape index (κ1) is 14.6. The Morgan fingerprint density at radius 2 is 1.92 bits per heavy atom. The molecule has 0 N–H and O–H groups in total. The normalized spacial score (nSPS) is 10.8. The van der Waals surface area contributed by atoms with E-state index in [4.69, 9.17) is 4.42 Å². The molecule has 0 aliphatic heterocycles. The first-order chi connectivity index (χ1) is 11.8. The maximum Gasteiger partial charge on any atom is 0.267 e. The van der Waals surface area contributed by atoms with E-state index in [0.717, 1.165) is 16.1 Å². The fourth-order valence-corrected chi connectivity index (χ4v) is 3.04. The van der Waals surface area contributed by atoms with E-state index < -0.39 is 0 Å². The van der Waals surface area contributed by atoms with Gasteiger partial charge in [0.2, 0.25) is 5.89 Å². The molecule has 1 aromatic carbocycles. The highest BCUT2D eigenvalue weighted by Gasteiger charge is 2.10. The molecule has 0 bridgehead atoms. The van der Waals surface area contributed by atoms with Crippen LogP contribution in [0.15, 0.2) is 75.4 Å². The lowest BCUT2D eigenvalue weighted by Gasteiger charge is -2.05. The van der Waals surface area contributed by atoms with Crippen molar-refractivity contribution in [3.05, 3.63) is 82.4 Å². The minimum Gasteiger partial charge on any atom is -0.438 e. The molecule has 0 saturated heterocycles. The quantitative estimate of drug-likeness (QED) is 0.571. The molecule has 0 unspecified atom stereocenters. The van der Waals surface area contributed by atoms with E-state index in [9.17, 15) is 4.79 Å². The van der Waals surface area contributed by atoms with Crippen molar-refractivity contribution in [3.8, 4) is 21.9 Å². The highest BCUT2D eigenvalue weighted by molar-refractivity contribution is 7.13. The van der Waals surface area contributed by atoms with Crippen LogP contribution in [0.3, 0.4) is 0 Å². The molecule has 5 nitrogen and oxygen atoms in total. The van der Waals surface area contributed by atoms with Gasteiger partial charge in [-0.3, -0.25) is 4.79 Å². The number of oxazole rings is 1. The van der Waals surface area contributed by atoms with Gasteiger partial charge in [-0.15, -0.1) is 11.3 Å². The number of benzene rings is 1. The van der Waals surface area contributed by atoms with E-state index in [-0.39, 0.29) is 12.1 Å². The number of thiophene rings is 1. The molecular formula is C18H13N3O2S. The second-order valence-corrected chi connectivity index (χ2v) is 6.12. The van der Waals surface area contributed by atoms with Gasteiger partial charge in [0.15, 0.2) is 5.76 Å². The van der Waals surface area contributed by atoms with Crippen LogP contribution in [0.5, 0.6) is 0 Å². The zero-order valence-corrected chi connectivity index (χ0v) is 13.4. The number of aromatic nitrogens is 3. The van der Waals surface area contributed by atoms with Crippen LogP contribution in [0, 0.1) is 0 Å². The Kier molecular flexibility index (Phi) is 3.80. The van der Waals surface area contributed by atoms with Crippen molar-refractivity contribution < 1.29 is 4.42 Å². The fraction of sp³-hybridized carbons (Fsp3) is 0.0556. The Morgan fingerprint density at radius 3 is 2.71 bits per heavy atom. The molecular weight excluding hydrogens is 322 g/mol. The maximum absolute atomic E-state index is 12.1. The monoisotopic (exact) mass is 335 g/mol. The molecule has 0 spiro atoms. The highest BCUT2D eigenvalue weighted by Crippen LogP contribution is 2.25. The van der Waals surface area contributed by atoms with E-state index in [1.54, 1.807) is 23.6 Å². The van der Waals surface area contributed by atoms with Gasteiger partial charge in [-0.2, -0.15) is 5.10 Å². The molecule has 0 aliphatic rings. The highest BCUT2D eigenvalue weighted by atomic mass is 32.1. The van der Waals surface area contributed by atoms with E-state index in [2.05, 4.69) is 10.1 Å². The van der Waals surface area contributed by atoms with Crippen molar-refractivity contribution >= 4 is 11.3 Å². The molecule has 0 saturated carbocycles. The molecule has 6 heteroatoms. The first-order valence-corrected chi connectivity index (χ1v) is 8.30. The van der Waals surface area contributed by atoms with Crippen LogP contribution in [-0.4, -0.2) is 14.8 Å². The summed E-state index contributed by atoms with van der Waals surface area (Å²) in [4.78, 5) is 17.3. The molecule has 118 valence electrons. The van der Waals surface area contributed by atoms with Crippen molar-refractivity contribution in [1.29, 1.82) is 0 Å². The van der Waals surface area contributed by atoms with Crippen molar-refractivity contribution in [2.45, 2.75) is 6.54 Å². The third-order valence-electron chi connectivity index (χ3n) is 3.54. The van der Waals surface area contributed by atoms with Crippen molar-refractivity contribution in [1.82, 2.24) is 14.8 Å². The van der Waals surface area contributed by atoms with Crippen LogP contribution in [0.4, 0.5) is 0 Å². The van der Waals surface area contributed by atoms with Gasteiger partial charge in [0, 0.05) is 11.6 Å². The summed E-state index contributed by atoms with van der Waals surface area (Å²) in [6.07, 6.45) is 1.67. The topological polar surface area (TPSA) is 60.9 Å². The Bertz CT molecular complexity index is 1000. The summed E-state index contributed by atoms with van der Waals surface area (Å²) in [7, 11) is 0. The van der Waals surface area contributed by atoms with Gasteiger partial charge in [-0.1, -0.05) is 36.4 Å². The van der Waals surface area contributed by atoms with Gasteiger partial charge in [0.25, 0.3) is 5.56 Å². The largest absolute Gasteiger partial charge is 0.438 e. The lowest BCUT2D eigenvalue weighted by molar-refractivity contribution is 0.467. The van der Waals surface area contributed by atoms with Crippen molar-refractivity contribution in [2.24, 2.45) is 0 Å². The summed E-state index contributed by atoms with van der Waals surface area (Å²) in [5, 5.41) is 6.40. The minimum absolute atomic E-state index is 0.189. The molecule has 0 atom stereocenters. The lowest BCUT2D eigenvalue weighted by atomic mass is 10.1. The second kappa shape index (κ2) is 6.25. The second-order valence-electron chi connectivity index (χ2n) is 5.18. The van der Waals surface area contributed by atoms with Gasteiger partial charge in [0.05, 0.1) is 16.8 Å². The maximum atomic E-state index is 12.1. The van der Waals surface area contributed by atoms with Gasteiger partial charge in [-0.25, -0.2) is 9.67 Å². The molecule has 3 heterocycles. The van der Waals surface area contributed by atoms with Crippen LogP contribution in [0.1, 0.15) is 5.89 Å². The van der Waals surface area contributed by atoms with Crippen LogP contribution in [-0.2, 0) is 6.54 Å². The number of hydrogen-bond acceptors (Lipinski definition) is 5. The van der Waals surface area contributed by atoms with Gasteiger partial charge < -0.3 is 4.42 Å². The van der Waals surface area contributed by atoms with Crippen molar-refractivity contribution in [2.75, 3.05) is 0 Å². The SMILES string of the molecule is O=c1ccc(-c2ccccc2)nn1Cc1ncc(-c2cccs2)o1. The number of rotatable bonds is 4. The summed E-state index contributed by atoms with van der Waals surface area (Å²) in [5.74, 6) is 1.16. The Labute approximate surface area is 141 Å². The summed E-state index contributed by atoms with van der Waals surface area (Å²) >= 11 is 1.58. The van der Waals surface area contributed by atoms with E-state index in [1.807, 2.05) is 47.8 Å². The predicted octanol–water partition coefficient (Wildman–Crippen LogP) is 3.68. The molecule has 4 rings (SSSR count). The molecule has 0 amide bonds. The summed E-state index contributed by atoms with van der Waals surface area (Å²) in [6.45, 7) is 0.199. The Hall–Kier alpha value is -2.99. The third-order valence-corrected chi connectivity index (χ3v) is 4.42. The van der Waals surface area contributed by atoms with Crippen molar-refractivity contribution in [3.63, 3.8) is 0 Å². The van der Waals surface area contributed by atoms with Crippen LogP contribution in [0.2, 0.25) is 0 Å². The van der Waals surface area contributed by atoms with Crippen LogP contribution >= 0.6 is 11.3 Å². The molecule has 0 radical (unpaired) electrons. The summed E-state index contributed by atoms with van der Waals surface area (Å²) in [5.41, 5.74) is 1.50. The summed E-state index contributed by atoms with van der Waals surface area (Å²) in [6, 6.07) is 16.9. The molecule has 3 aromatic heterocycles. The predicted molar refractivity (Wildman–Crippen MR) is 92.9 cm³/mol. The lowest BCUT2D eigenvalue weighted by Crippen LogP contribution is -2.22.